The molecule has 0 saturated heterocycles. The number of alkyl halides is 3. The summed E-state index contributed by atoms with van der Waals surface area (Å²) in [6.07, 6.45) is -4.49. The molecule has 4 nitrogen and oxygen atoms in total. The quantitative estimate of drug-likeness (QED) is 0.637. The number of hydrogen-bond acceptors (Lipinski definition) is 3. The third-order valence-corrected chi connectivity index (χ3v) is 3.60. The lowest BCUT2D eigenvalue weighted by molar-refractivity contribution is -0.137. The SMILES string of the molecule is CC(C)(C)OC(=O)c1ccc2nc(-c3ccccc3C(F)(F)F)[nH]c2c1. The molecule has 0 aliphatic rings. The Labute approximate surface area is 148 Å². The topological polar surface area (TPSA) is 55.0 Å². The molecule has 0 atom stereocenters. The molecule has 7 heteroatoms. The minimum Gasteiger partial charge on any atom is -0.456 e. The average molecular weight is 362 g/mol. The largest absolute Gasteiger partial charge is 0.456 e. The number of carbonyl (C=O) groups is 1. The summed E-state index contributed by atoms with van der Waals surface area (Å²) in [6, 6.07) is 9.85. The Kier molecular flexibility index (Phi) is 4.26. The monoisotopic (exact) mass is 362 g/mol. The average Bonchev–Trinajstić information content (AvgIpc) is 2.95. The van der Waals surface area contributed by atoms with Gasteiger partial charge in [-0.15, -0.1) is 0 Å². The molecule has 0 spiro atoms. The second kappa shape index (κ2) is 6.16. The Bertz CT molecular complexity index is 969. The van der Waals surface area contributed by atoms with E-state index >= 15 is 0 Å². The third kappa shape index (κ3) is 3.71. The van der Waals surface area contributed by atoms with Gasteiger partial charge in [0.15, 0.2) is 0 Å². The molecule has 3 aromatic rings. The van der Waals surface area contributed by atoms with E-state index in [4.69, 9.17) is 4.74 Å². The number of imidazole rings is 1. The van der Waals surface area contributed by atoms with E-state index in [0.717, 1.165) is 6.07 Å². The number of aromatic nitrogens is 2. The van der Waals surface area contributed by atoms with Gasteiger partial charge in [0.1, 0.15) is 11.4 Å². The highest BCUT2D eigenvalue weighted by molar-refractivity contribution is 5.94. The van der Waals surface area contributed by atoms with E-state index in [1.54, 1.807) is 26.8 Å². The molecule has 136 valence electrons. The first-order chi connectivity index (χ1) is 12.0. The van der Waals surface area contributed by atoms with Crippen molar-refractivity contribution in [1.29, 1.82) is 0 Å². The molecule has 0 bridgehead atoms. The molecule has 1 aromatic heterocycles. The maximum absolute atomic E-state index is 13.2. The van der Waals surface area contributed by atoms with Gasteiger partial charge in [-0.2, -0.15) is 13.2 Å². The molecule has 0 unspecified atom stereocenters. The molecule has 2 aromatic carbocycles. The van der Waals surface area contributed by atoms with Crippen LogP contribution in [0.5, 0.6) is 0 Å². The molecule has 0 radical (unpaired) electrons. The summed E-state index contributed by atoms with van der Waals surface area (Å²) in [4.78, 5) is 19.2. The van der Waals surface area contributed by atoms with Gasteiger partial charge in [0.2, 0.25) is 0 Å². The minimum atomic E-state index is -4.49. The lowest BCUT2D eigenvalue weighted by Gasteiger charge is -2.19. The molecule has 1 N–H and O–H groups in total. The van der Waals surface area contributed by atoms with Crippen molar-refractivity contribution in [2.45, 2.75) is 32.5 Å². The van der Waals surface area contributed by atoms with Crippen LogP contribution in [-0.4, -0.2) is 21.5 Å². The smallest absolute Gasteiger partial charge is 0.417 e. The highest BCUT2D eigenvalue weighted by Gasteiger charge is 2.34. The van der Waals surface area contributed by atoms with Crippen molar-refractivity contribution in [2.75, 3.05) is 0 Å². The summed E-state index contributed by atoms with van der Waals surface area (Å²) in [5, 5.41) is 0. The zero-order chi connectivity index (χ0) is 19.1. The van der Waals surface area contributed by atoms with E-state index in [1.807, 2.05) is 0 Å². The van der Waals surface area contributed by atoms with Gasteiger partial charge in [0, 0.05) is 5.56 Å². The van der Waals surface area contributed by atoms with Crippen LogP contribution in [-0.2, 0) is 10.9 Å². The molecule has 0 fully saturated rings. The van der Waals surface area contributed by atoms with Crippen LogP contribution in [0.15, 0.2) is 42.5 Å². The van der Waals surface area contributed by atoms with Crippen LogP contribution < -0.4 is 0 Å². The standard InChI is InChI=1S/C19H17F3N2O2/c1-18(2,3)26-17(25)11-8-9-14-15(10-11)24-16(23-14)12-6-4-5-7-13(12)19(20,21)22/h4-10H,1-3H3,(H,23,24). The zero-order valence-corrected chi connectivity index (χ0v) is 14.4. The number of H-pyrrole nitrogens is 1. The molecule has 3 rings (SSSR count). The number of fused-ring (bicyclic) bond motifs is 1. The summed E-state index contributed by atoms with van der Waals surface area (Å²) in [5.74, 6) is -0.416. The van der Waals surface area contributed by atoms with Crippen molar-refractivity contribution >= 4 is 17.0 Å². The number of hydrogen-bond donors (Lipinski definition) is 1. The van der Waals surface area contributed by atoms with Crippen LogP contribution in [0.2, 0.25) is 0 Å². The Morgan fingerprint density at radius 1 is 1.08 bits per heavy atom. The predicted octanol–water partition coefficient (Wildman–Crippen LogP) is 5.20. The van der Waals surface area contributed by atoms with E-state index in [2.05, 4.69) is 9.97 Å². The van der Waals surface area contributed by atoms with Crippen LogP contribution in [0.25, 0.3) is 22.4 Å². The molecule has 0 saturated carbocycles. The highest BCUT2D eigenvalue weighted by atomic mass is 19.4. The second-order valence-electron chi connectivity index (χ2n) is 6.86. The van der Waals surface area contributed by atoms with Gasteiger partial charge in [0.05, 0.1) is 22.2 Å². The predicted molar refractivity (Wildman–Crippen MR) is 91.7 cm³/mol. The molecule has 26 heavy (non-hydrogen) atoms. The third-order valence-electron chi connectivity index (χ3n) is 3.60. The van der Waals surface area contributed by atoms with Crippen molar-refractivity contribution in [3.63, 3.8) is 0 Å². The van der Waals surface area contributed by atoms with Crippen molar-refractivity contribution in [1.82, 2.24) is 9.97 Å². The minimum absolute atomic E-state index is 0.0463. The molecule has 0 amide bonds. The van der Waals surface area contributed by atoms with Gasteiger partial charge in [-0.25, -0.2) is 9.78 Å². The van der Waals surface area contributed by atoms with Crippen LogP contribution in [0.3, 0.4) is 0 Å². The number of aromatic amines is 1. The normalized spacial score (nSPS) is 12.4. The van der Waals surface area contributed by atoms with Crippen LogP contribution in [0, 0.1) is 0 Å². The van der Waals surface area contributed by atoms with Gasteiger partial charge in [-0.3, -0.25) is 0 Å². The number of nitrogens with one attached hydrogen (secondary N) is 1. The lowest BCUT2D eigenvalue weighted by Crippen LogP contribution is -2.23. The van der Waals surface area contributed by atoms with Crippen LogP contribution >= 0.6 is 0 Å². The number of esters is 1. The second-order valence-corrected chi connectivity index (χ2v) is 6.86. The maximum atomic E-state index is 13.2. The Hall–Kier alpha value is -2.83. The number of carbonyl (C=O) groups excluding carboxylic acids is 1. The molecule has 0 aliphatic heterocycles. The summed E-state index contributed by atoms with van der Waals surface area (Å²) >= 11 is 0. The van der Waals surface area contributed by atoms with Crippen molar-refractivity contribution in [2.24, 2.45) is 0 Å². The number of ether oxygens (including phenoxy) is 1. The maximum Gasteiger partial charge on any atom is 0.417 e. The van der Waals surface area contributed by atoms with Crippen molar-refractivity contribution in [3.8, 4) is 11.4 Å². The Morgan fingerprint density at radius 3 is 2.42 bits per heavy atom. The molecular formula is C19H17F3N2O2. The number of halogens is 3. The highest BCUT2D eigenvalue weighted by Crippen LogP contribution is 2.36. The van der Waals surface area contributed by atoms with Gasteiger partial charge >= 0.3 is 12.1 Å². The first-order valence-electron chi connectivity index (χ1n) is 7.94. The van der Waals surface area contributed by atoms with E-state index in [-0.39, 0.29) is 11.4 Å². The lowest BCUT2D eigenvalue weighted by atomic mass is 10.1. The summed E-state index contributed by atoms with van der Waals surface area (Å²) in [7, 11) is 0. The van der Waals surface area contributed by atoms with E-state index in [1.165, 1.54) is 30.3 Å². The van der Waals surface area contributed by atoms with E-state index < -0.39 is 23.3 Å². The fourth-order valence-electron chi connectivity index (χ4n) is 2.54. The van der Waals surface area contributed by atoms with Gasteiger partial charge < -0.3 is 9.72 Å². The fourth-order valence-corrected chi connectivity index (χ4v) is 2.54. The summed E-state index contributed by atoms with van der Waals surface area (Å²) in [5.41, 5.74) is -0.241. The van der Waals surface area contributed by atoms with E-state index in [0.29, 0.717) is 16.6 Å². The van der Waals surface area contributed by atoms with Crippen molar-refractivity contribution in [3.05, 3.63) is 53.6 Å². The van der Waals surface area contributed by atoms with Gasteiger partial charge in [0.25, 0.3) is 0 Å². The van der Waals surface area contributed by atoms with Gasteiger partial charge in [-0.1, -0.05) is 18.2 Å². The summed E-state index contributed by atoms with van der Waals surface area (Å²) < 4.78 is 44.9. The summed E-state index contributed by atoms with van der Waals surface area (Å²) in [6.45, 7) is 5.27. The van der Waals surface area contributed by atoms with Crippen molar-refractivity contribution < 1.29 is 22.7 Å². The number of benzene rings is 2. The fraction of sp³-hybridized carbons (Fsp3) is 0.263. The molecule has 1 heterocycles. The number of rotatable bonds is 2. The van der Waals surface area contributed by atoms with Crippen LogP contribution in [0.1, 0.15) is 36.7 Å². The molecular weight excluding hydrogens is 345 g/mol. The number of nitrogens with zero attached hydrogens (tertiary/aromatic N) is 1. The van der Waals surface area contributed by atoms with Gasteiger partial charge in [-0.05, 0) is 45.0 Å². The molecule has 0 aliphatic carbocycles. The van der Waals surface area contributed by atoms with E-state index in [9.17, 15) is 18.0 Å². The first kappa shape index (κ1) is 18.0. The zero-order valence-electron chi connectivity index (χ0n) is 14.4. The van der Waals surface area contributed by atoms with Crippen LogP contribution in [0.4, 0.5) is 13.2 Å². The Morgan fingerprint density at radius 2 is 1.77 bits per heavy atom. The first-order valence-corrected chi connectivity index (χ1v) is 7.94. The Balaban J connectivity index is 2.03.